The Labute approximate surface area is 122 Å². The number of esters is 1. The van der Waals surface area contributed by atoms with Gasteiger partial charge in [-0.2, -0.15) is 0 Å². The van der Waals surface area contributed by atoms with Crippen LogP contribution >= 0.6 is 11.6 Å². The number of ether oxygens (including phenoxy) is 2. The molecule has 0 saturated heterocycles. The van der Waals surface area contributed by atoms with Crippen molar-refractivity contribution in [1.82, 2.24) is 4.98 Å². The summed E-state index contributed by atoms with van der Waals surface area (Å²) in [6, 6.07) is 1.61. The summed E-state index contributed by atoms with van der Waals surface area (Å²) in [5.41, 5.74) is 0.412. The number of pyridine rings is 1. The van der Waals surface area contributed by atoms with Crippen molar-refractivity contribution in [2.45, 2.75) is 12.3 Å². The molecule has 1 unspecified atom stereocenters. The van der Waals surface area contributed by atoms with E-state index in [2.05, 4.69) is 9.98 Å². The zero-order valence-electron chi connectivity index (χ0n) is 11.5. The molecule has 0 amide bonds. The van der Waals surface area contributed by atoms with E-state index in [1.165, 1.54) is 20.4 Å². The zero-order chi connectivity index (χ0) is 14.8. The second kappa shape index (κ2) is 5.63. The third kappa shape index (κ3) is 2.41. The lowest BCUT2D eigenvalue weighted by atomic mass is 9.78. The van der Waals surface area contributed by atoms with Crippen molar-refractivity contribution in [2.24, 2.45) is 4.99 Å². The summed E-state index contributed by atoms with van der Waals surface area (Å²) in [6.07, 6.45) is 5.05. The number of aromatic nitrogens is 1. The molecule has 20 heavy (non-hydrogen) atoms. The van der Waals surface area contributed by atoms with Gasteiger partial charge in [-0.05, 0) is 19.1 Å². The Morgan fingerprint density at radius 3 is 2.75 bits per heavy atom. The number of carbonyl (C=O) groups is 1. The average molecular weight is 295 g/mol. The van der Waals surface area contributed by atoms with E-state index in [1.54, 1.807) is 18.2 Å². The molecular formula is C14H15ClN2O3. The average Bonchev–Trinajstić information content (AvgIpc) is 2.47. The van der Waals surface area contributed by atoms with Crippen LogP contribution in [-0.4, -0.2) is 37.4 Å². The predicted octanol–water partition coefficient (Wildman–Crippen LogP) is 2.19. The lowest BCUT2D eigenvalue weighted by Gasteiger charge is -2.30. The summed E-state index contributed by atoms with van der Waals surface area (Å²) < 4.78 is 10.2. The molecule has 106 valence electrons. The van der Waals surface area contributed by atoms with Crippen LogP contribution in [0.3, 0.4) is 0 Å². The molecule has 5 nitrogen and oxygen atoms in total. The lowest BCUT2D eigenvalue weighted by Crippen LogP contribution is -2.40. The fourth-order valence-electron chi connectivity index (χ4n) is 2.15. The molecule has 0 aromatic carbocycles. The molecular weight excluding hydrogens is 280 g/mol. The second-order valence-corrected chi connectivity index (χ2v) is 4.85. The van der Waals surface area contributed by atoms with Gasteiger partial charge in [0, 0.05) is 11.3 Å². The number of dihydropyridines is 1. The quantitative estimate of drug-likeness (QED) is 0.633. The summed E-state index contributed by atoms with van der Waals surface area (Å²) >= 11 is 5.95. The van der Waals surface area contributed by atoms with Gasteiger partial charge in [-0.1, -0.05) is 17.7 Å². The molecule has 0 aliphatic carbocycles. The Balaban J connectivity index is 2.62. The highest BCUT2D eigenvalue weighted by molar-refractivity contribution is 6.29. The highest BCUT2D eigenvalue weighted by atomic mass is 35.5. The predicted molar refractivity (Wildman–Crippen MR) is 76.6 cm³/mol. The van der Waals surface area contributed by atoms with Crippen molar-refractivity contribution in [1.29, 1.82) is 0 Å². The number of hydrogen-bond donors (Lipinski definition) is 0. The number of carbonyl (C=O) groups excluding carboxylic acids is 1. The summed E-state index contributed by atoms with van der Waals surface area (Å²) in [6.45, 7) is 2.12. The largest absolute Gasteiger partial charge is 0.495 e. The van der Waals surface area contributed by atoms with E-state index in [1.807, 2.05) is 6.92 Å². The van der Waals surface area contributed by atoms with Crippen LogP contribution in [0.15, 0.2) is 29.4 Å². The number of methoxy groups -OCH3 is 2. The molecule has 1 aliphatic heterocycles. The number of rotatable bonds is 3. The first-order valence-corrected chi connectivity index (χ1v) is 6.40. The summed E-state index contributed by atoms with van der Waals surface area (Å²) in [5.74, 6) is 0.0600. The van der Waals surface area contributed by atoms with Crippen molar-refractivity contribution in [3.63, 3.8) is 0 Å². The Hall–Kier alpha value is -1.88. The van der Waals surface area contributed by atoms with Crippen LogP contribution in [0, 0.1) is 0 Å². The van der Waals surface area contributed by atoms with Gasteiger partial charge in [0.2, 0.25) is 0 Å². The molecule has 1 atom stereocenters. The van der Waals surface area contributed by atoms with Gasteiger partial charge in [0.15, 0.2) is 0 Å². The molecule has 0 saturated carbocycles. The fraction of sp³-hybridized carbons (Fsp3) is 0.357. The number of aliphatic imine (C=N–C) groups is 1. The first-order valence-electron chi connectivity index (χ1n) is 6.02. The van der Waals surface area contributed by atoms with E-state index in [4.69, 9.17) is 21.1 Å². The molecule has 2 rings (SSSR count). The van der Waals surface area contributed by atoms with Gasteiger partial charge >= 0.3 is 5.97 Å². The van der Waals surface area contributed by atoms with E-state index in [9.17, 15) is 4.79 Å². The first-order chi connectivity index (χ1) is 9.53. The van der Waals surface area contributed by atoms with Crippen LogP contribution in [0.4, 0.5) is 0 Å². The maximum atomic E-state index is 12.3. The maximum absolute atomic E-state index is 12.3. The smallest absolute Gasteiger partial charge is 0.322 e. The first kappa shape index (κ1) is 14.5. The molecule has 2 heterocycles. The van der Waals surface area contributed by atoms with Crippen LogP contribution in [-0.2, 0) is 14.9 Å². The number of hydrogen-bond acceptors (Lipinski definition) is 5. The summed E-state index contributed by atoms with van der Waals surface area (Å²) in [5, 5.41) is 0.281. The van der Waals surface area contributed by atoms with Gasteiger partial charge in [0.1, 0.15) is 16.3 Å². The molecule has 1 aliphatic rings. The van der Waals surface area contributed by atoms with Gasteiger partial charge in [-0.15, -0.1) is 0 Å². The van der Waals surface area contributed by atoms with Crippen LogP contribution in [0.5, 0.6) is 5.75 Å². The number of halogens is 1. The van der Waals surface area contributed by atoms with E-state index in [0.29, 0.717) is 11.3 Å². The number of allylic oxidation sites excluding steroid dienone is 1. The lowest BCUT2D eigenvalue weighted by molar-refractivity contribution is -0.145. The van der Waals surface area contributed by atoms with Gasteiger partial charge < -0.3 is 9.47 Å². The minimum absolute atomic E-state index is 0.249. The van der Waals surface area contributed by atoms with E-state index < -0.39 is 11.4 Å². The fourth-order valence-corrected chi connectivity index (χ4v) is 2.30. The normalized spacial score (nSPS) is 21.3. The molecule has 0 fully saturated rings. The third-order valence-corrected chi connectivity index (χ3v) is 3.48. The van der Waals surface area contributed by atoms with Crippen LogP contribution < -0.4 is 4.74 Å². The monoisotopic (exact) mass is 294 g/mol. The van der Waals surface area contributed by atoms with Crippen molar-refractivity contribution in [3.05, 3.63) is 35.1 Å². The molecule has 0 bridgehead atoms. The van der Waals surface area contributed by atoms with Crippen molar-refractivity contribution in [3.8, 4) is 5.75 Å². The Kier molecular flexibility index (Phi) is 4.09. The molecule has 0 radical (unpaired) electrons. The third-order valence-electron chi connectivity index (χ3n) is 3.27. The SMILES string of the molecule is COC(=O)C1(c2cc(Cl)ncc2OC)C=CC(C)=NC1. The van der Waals surface area contributed by atoms with Crippen molar-refractivity contribution < 1.29 is 14.3 Å². The highest BCUT2D eigenvalue weighted by Crippen LogP contribution is 2.37. The van der Waals surface area contributed by atoms with Crippen LogP contribution in [0.1, 0.15) is 12.5 Å². The molecule has 1 aromatic rings. The van der Waals surface area contributed by atoms with Gasteiger partial charge in [0.25, 0.3) is 0 Å². The van der Waals surface area contributed by atoms with E-state index in [-0.39, 0.29) is 11.7 Å². The molecule has 1 aromatic heterocycles. The standard InChI is InChI=1S/C14H15ClN2O3/c1-9-4-5-14(8-17-9,13(18)20-3)10-6-12(15)16-7-11(10)19-2/h4-7H,8H2,1-3H3. The highest BCUT2D eigenvalue weighted by Gasteiger charge is 2.43. The van der Waals surface area contributed by atoms with E-state index >= 15 is 0 Å². The second-order valence-electron chi connectivity index (χ2n) is 4.46. The maximum Gasteiger partial charge on any atom is 0.322 e. The Morgan fingerprint density at radius 2 is 2.20 bits per heavy atom. The van der Waals surface area contributed by atoms with Crippen LogP contribution in [0.25, 0.3) is 0 Å². The Bertz CT molecular complexity index is 598. The molecule has 0 N–H and O–H groups in total. The zero-order valence-corrected chi connectivity index (χ0v) is 12.3. The van der Waals surface area contributed by atoms with Crippen molar-refractivity contribution >= 4 is 23.3 Å². The minimum Gasteiger partial charge on any atom is -0.495 e. The van der Waals surface area contributed by atoms with Gasteiger partial charge in [-0.25, -0.2) is 4.98 Å². The van der Waals surface area contributed by atoms with Crippen molar-refractivity contribution in [2.75, 3.05) is 20.8 Å². The Morgan fingerprint density at radius 1 is 1.45 bits per heavy atom. The topological polar surface area (TPSA) is 60.8 Å². The summed E-state index contributed by atoms with van der Waals surface area (Å²) in [4.78, 5) is 20.6. The summed E-state index contributed by atoms with van der Waals surface area (Å²) in [7, 11) is 2.86. The number of nitrogens with zero attached hydrogens (tertiary/aromatic N) is 2. The van der Waals surface area contributed by atoms with Gasteiger partial charge in [0.05, 0.1) is 27.0 Å². The molecule has 0 spiro atoms. The van der Waals surface area contributed by atoms with E-state index in [0.717, 1.165) is 5.71 Å². The van der Waals surface area contributed by atoms with Crippen LogP contribution in [0.2, 0.25) is 5.15 Å². The minimum atomic E-state index is -1.04. The molecule has 6 heteroatoms. The van der Waals surface area contributed by atoms with Gasteiger partial charge in [-0.3, -0.25) is 9.79 Å².